The van der Waals surface area contributed by atoms with Gasteiger partial charge < -0.3 is 9.47 Å². The number of carbonyl (C=O) groups excluding carboxylic acids is 3. The first-order valence-electron chi connectivity index (χ1n) is 13.8. The molecule has 8 rings (SSSR count). The zero-order chi connectivity index (χ0) is 30.1. The lowest BCUT2D eigenvalue weighted by Crippen LogP contribution is -2.54. The molecule has 2 saturated heterocycles. The highest BCUT2D eigenvalue weighted by Crippen LogP contribution is 2.64. The highest BCUT2D eigenvalue weighted by molar-refractivity contribution is 6.31. The van der Waals surface area contributed by atoms with Crippen LogP contribution in [0.4, 0.5) is 11.4 Å². The summed E-state index contributed by atoms with van der Waals surface area (Å²) in [4.78, 5) is 53.9. The van der Waals surface area contributed by atoms with Crippen molar-refractivity contribution in [1.82, 2.24) is 5.43 Å². The van der Waals surface area contributed by atoms with Crippen molar-refractivity contribution in [3.63, 3.8) is 0 Å². The number of nitro benzene ring substituents is 1. The molecule has 3 aromatic rings. The minimum Gasteiger partial charge on any atom is -0.347 e. The molecule has 2 fully saturated rings. The molecule has 218 valence electrons. The van der Waals surface area contributed by atoms with Gasteiger partial charge in [-0.1, -0.05) is 60.1 Å². The Bertz CT molecular complexity index is 1700. The lowest BCUT2D eigenvalue weighted by molar-refractivity contribution is -0.384. The van der Waals surface area contributed by atoms with Crippen LogP contribution in [0.15, 0.2) is 71.8 Å². The molecule has 5 aliphatic rings. The van der Waals surface area contributed by atoms with E-state index < -0.39 is 57.3 Å². The van der Waals surface area contributed by atoms with E-state index in [1.54, 1.807) is 6.92 Å². The fourth-order valence-electron chi connectivity index (χ4n) is 7.32. The van der Waals surface area contributed by atoms with E-state index in [-0.39, 0.29) is 17.1 Å². The fraction of sp³-hybridized carbons (Fsp3) is 0.290. The van der Waals surface area contributed by atoms with Gasteiger partial charge in [-0.15, -0.1) is 0 Å². The van der Waals surface area contributed by atoms with Crippen molar-refractivity contribution in [3.8, 4) is 0 Å². The molecule has 12 heteroatoms. The number of hydrazone groups is 1. The number of amides is 3. The van der Waals surface area contributed by atoms with Crippen LogP contribution in [-0.2, 0) is 29.3 Å². The molecular formula is C31H25ClN4O7. The van der Waals surface area contributed by atoms with Gasteiger partial charge >= 0.3 is 0 Å². The number of halogens is 1. The third-order valence-corrected chi connectivity index (χ3v) is 9.13. The van der Waals surface area contributed by atoms with Crippen LogP contribution in [0, 0.1) is 22.0 Å². The Balaban J connectivity index is 1.37. The fourth-order valence-corrected chi connectivity index (χ4v) is 7.48. The van der Waals surface area contributed by atoms with Crippen LogP contribution in [0.2, 0.25) is 5.02 Å². The Morgan fingerprint density at radius 3 is 2.33 bits per heavy atom. The summed E-state index contributed by atoms with van der Waals surface area (Å²) in [7, 11) is 0. The summed E-state index contributed by atoms with van der Waals surface area (Å²) in [5, 5.41) is 16.5. The monoisotopic (exact) mass is 600 g/mol. The maximum atomic E-state index is 14.5. The van der Waals surface area contributed by atoms with E-state index in [4.69, 9.17) is 21.1 Å². The van der Waals surface area contributed by atoms with Gasteiger partial charge in [0, 0.05) is 23.2 Å². The number of hydrogen-bond donors (Lipinski definition) is 1. The van der Waals surface area contributed by atoms with Crippen molar-refractivity contribution in [2.24, 2.45) is 16.9 Å². The summed E-state index contributed by atoms with van der Waals surface area (Å²) in [6.45, 7) is 2.44. The van der Waals surface area contributed by atoms with E-state index in [0.717, 1.165) is 33.2 Å². The summed E-state index contributed by atoms with van der Waals surface area (Å²) in [5.74, 6) is -4.96. The van der Waals surface area contributed by atoms with E-state index >= 15 is 0 Å². The van der Waals surface area contributed by atoms with Crippen LogP contribution >= 0.6 is 11.6 Å². The van der Waals surface area contributed by atoms with E-state index in [1.165, 1.54) is 18.3 Å². The predicted octanol–water partition coefficient (Wildman–Crippen LogP) is 4.05. The standard InChI is InChI=1S/C31H25ClN4O7/c1-30(42-12-13-43-30)15-24(37)34-33-16-31-20-8-4-2-6-18(20)25(19-7-3-5-9-21(19)31)26-27(31)29(39)35(28(26)38)22-11-10-17(32)14-23(22)36(40)41/h2-11,14,16,25-27H,12-13,15H2,1H3,(H,34,37)/b33-16-/t25?,26-,27-,31?/m0/s1. The first-order valence-corrected chi connectivity index (χ1v) is 14.2. The number of imide groups is 1. The molecule has 2 heterocycles. The number of nitrogens with zero attached hydrogens (tertiary/aromatic N) is 3. The van der Waals surface area contributed by atoms with Crippen molar-refractivity contribution in [2.45, 2.75) is 30.5 Å². The summed E-state index contributed by atoms with van der Waals surface area (Å²) < 4.78 is 11.1. The second-order valence-corrected chi connectivity index (χ2v) is 11.7. The molecular weight excluding hydrogens is 576 g/mol. The number of nitrogens with one attached hydrogen (secondary N) is 1. The van der Waals surface area contributed by atoms with Crippen molar-refractivity contribution in [1.29, 1.82) is 0 Å². The van der Waals surface area contributed by atoms with Crippen LogP contribution in [-0.4, -0.2) is 47.9 Å². The van der Waals surface area contributed by atoms with Crippen LogP contribution in [0.25, 0.3) is 0 Å². The Hall–Kier alpha value is -4.45. The largest absolute Gasteiger partial charge is 0.347 e. The normalized spacial score (nSPS) is 26.4. The molecule has 3 aromatic carbocycles. The van der Waals surface area contributed by atoms with Crippen molar-refractivity contribution in [2.75, 3.05) is 18.1 Å². The molecule has 0 radical (unpaired) electrons. The summed E-state index contributed by atoms with van der Waals surface area (Å²) >= 11 is 6.05. The highest BCUT2D eigenvalue weighted by Gasteiger charge is 2.68. The third-order valence-electron chi connectivity index (χ3n) is 8.90. The van der Waals surface area contributed by atoms with Gasteiger partial charge in [0.15, 0.2) is 5.79 Å². The van der Waals surface area contributed by atoms with Gasteiger partial charge in [0.25, 0.3) is 5.69 Å². The maximum absolute atomic E-state index is 14.5. The maximum Gasteiger partial charge on any atom is 0.294 e. The van der Waals surface area contributed by atoms with E-state index in [2.05, 4.69) is 10.5 Å². The lowest BCUT2D eigenvalue weighted by Gasteiger charge is -2.52. The van der Waals surface area contributed by atoms with E-state index in [1.807, 2.05) is 48.5 Å². The second-order valence-electron chi connectivity index (χ2n) is 11.2. The number of benzene rings is 3. The number of hydrogen-bond acceptors (Lipinski definition) is 8. The van der Waals surface area contributed by atoms with Crippen molar-refractivity contribution in [3.05, 3.63) is 104 Å². The Morgan fingerprint density at radius 2 is 1.70 bits per heavy atom. The minimum atomic E-state index is -1.26. The van der Waals surface area contributed by atoms with Gasteiger partial charge in [-0.05, 0) is 41.3 Å². The zero-order valence-corrected chi connectivity index (χ0v) is 23.6. The molecule has 2 aliphatic heterocycles. The smallest absolute Gasteiger partial charge is 0.294 e. The molecule has 2 bridgehead atoms. The summed E-state index contributed by atoms with van der Waals surface area (Å²) in [6.07, 6.45) is 1.43. The molecule has 43 heavy (non-hydrogen) atoms. The van der Waals surface area contributed by atoms with Gasteiger partial charge in [0.05, 0.1) is 41.8 Å². The lowest BCUT2D eigenvalue weighted by atomic mass is 9.47. The van der Waals surface area contributed by atoms with Gasteiger partial charge in [-0.3, -0.25) is 24.5 Å². The van der Waals surface area contributed by atoms with Crippen LogP contribution in [0.1, 0.15) is 41.5 Å². The second kappa shape index (κ2) is 9.80. The number of nitro groups is 1. The van der Waals surface area contributed by atoms with Crippen molar-refractivity contribution < 1.29 is 28.8 Å². The molecule has 1 N–H and O–H groups in total. The van der Waals surface area contributed by atoms with Gasteiger partial charge in [-0.2, -0.15) is 5.10 Å². The zero-order valence-electron chi connectivity index (χ0n) is 22.9. The van der Waals surface area contributed by atoms with Crippen LogP contribution in [0.5, 0.6) is 0 Å². The molecule has 0 aromatic heterocycles. The SMILES string of the molecule is CC1(CC(=O)N/N=C\C23c4ccccc4C(c4ccccc42)[C@@H]2C(=O)N(c4ccc(Cl)cc4[N+](=O)[O-])C(=O)[C@H]23)OCCO1. The first-order chi connectivity index (χ1) is 20.7. The first kappa shape index (κ1) is 27.4. The van der Waals surface area contributed by atoms with Gasteiger partial charge in [0.2, 0.25) is 17.7 Å². The van der Waals surface area contributed by atoms with E-state index in [0.29, 0.717) is 13.2 Å². The third kappa shape index (κ3) is 3.95. The summed E-state index contributed by atoms with van der Waals surface area (Å²) in [5.41, 5.74) is 3.98. The van der Waals surface area contributed by atoms with Gasteiger partial charge in [0.1, 0.15) is 5.69 Å². The summed E-state index contributed by atoms with van der Waals surface area (Å²) in [6, 6.07) is 19.0. The number of anilines is 1. The molecule has 0 unspecified atom stereocenters. The molecule has 0 saturated carbocycles. The number of ether oxygens (including phenoxy) is 2. The van der Waals surface area contributed by atoms with E-state index in [9.17, 15) is 24.5 Å². The predicted molar refractivity (Wildman–Crippen MR) is 155 cm³/mol. The minimum absolute atomic E-state index is 0.0932. The number of rotatable bonds is 6. The highest BCUT2D eigenvalue weighted by atomic mass is 35.5. The molecule has 3 amide bonds. The molecule has 11 nitrogen and oxygen atoms in total. The van der Waals surface area contributed by atoms with Crippen LogP contribution in [0.3, 0.4) is 0 Å². The van der Waals surface area contributed by atoms with Gasteiger partial charge in [-0.25, -0.2) is 10.3 Å². The van der Waals surface area contributed by atoms with Crippen molar-refractivity contribution >= 4 is 46.9 Å². The Labute approximate surface area is 250 Å². The average molecular weight is 601 g/mol. The Morgan fingerprint density at radius 1 is 1.07 bits per heavy atom. The average Bonchev–Trinajstić information content (AvgIpc) is 3.53. The number of carbonyl (C=O) groups is 3. The molecule has 3 aliphatic carbocycles. The quantitative estimate of drug-likeness (QED) is 0.195. The molecule has 0 spiro atoms. The molecule has 2 atom stereocenters. The topological polar surface area (TPSA) is 140 Å². The van der Waals surface area contributed by atoms with Crippen LogP contribution < -0.4 is 10.3 Å². The Kier molecular flexibility index (Phi) is 6.24.